The van der Waals surface area contributed by atoms with Crippen molar-refractivity contribution in [3.8, 4) is 0 Å². The van der Waals surface area contributed by atoms with E-state index in [0.29, 0.717) is 30.6 Å². The Bertz CT molecular complexity index is 1140. The predicted molar refractivity (Wildman–Crippen MR) is 169 cm³/mol. The van der Waals surface area contributed by atoms with Crippen LogP contribution in [0.4, 0.5) is 0 Å². The lowest BCUT2D eigenvalue weighted by Crippen LogP contribution is -2.67. The van der Waals surface area contributed by atoms with Crippen LogP contribution >= 0.6 is 0 Å². The van der Waals surface area contributed by atoms with Gasteiger partial charge in [0.1, 0.15) is 0 Å². The molecule has 42 heavy (non-hydrogen) atoms. The molecule has 1 amide bonds. The lowest BCUT2D eigenvalue weighted by Gasteiger charge is -2.72. The summed E-state index contributed by atoms with van der Waals surface area (Å²) in [6.45, 7) is 20.1. The summed E-state index contributed by atoms with van der Waals surface area (Å²) in [5.74, 6) is 2.14. The van der Waals surface area contributed by atoms with Gasteiger partial charge in [0.2, 0.25) is 5.91 Å². The van der Waals surface area contributed by atoms with Gasteiger partial charge in [-0.05, 0) is 147 Å². The number of carbonyl (C=O) groups excluding carboxylic acids is 2. The van der Waals surface area contributed by atoms with E-state index >= 15 is 0 Å². The van der Waals surface area contributed by atoms with Crippen LogP contribution in [0.2, 0.25) is 0 Å². The van der Waals surface area contributed by atoms with Crippen molar-refractivity contribution in [2.75, 3.05) is 19.6 Å². The Hall–Kier alpha value is -1.20. The Balaban J connectivity index is 1.30. The standard InChI is InChI=1S/C37H60N2O3/c1-24(2)31-26(40)23-37(38-30(42)11-10-22-39-20-8-9-21-39)19-18-35(6)25(32(31)37)12-13-28-34(5)16-15-29(41)33(3,4)27(34)14-17-36(28,35)7/h24-25,27-29,41H,8-23H2,1-7H3,(H,38,42)/t25-,27+,28-,29+,34+,35-,36-,37-/m1/s1. The van der Waals surface area contributed by atoms with Crippen molar-refractivity contribution < 1.29 is 14.7 Å². The third kappa shape index (κ3) is 4.36. The van der Waals surface area contributed by atoms with E-state index in [1.165, 1.54) is 50.8 Å². The molecule has 0 bridgehead atoms. The van der Waals surface area contributed by atoms with Crippen LogP contribution < -0.4 is 5.32 Å². The molecule has 8 atom stereocenters. The van der Waals surface area contributed by atoms with Gasteiger partial charge in [0.05, 0.1) is 11.6 Å². The molecular formula is C37H60N2O3. The first-order chi connectivity index (χ1) is 19.7. The Morgan fingerprint density at radius 1 is 0.929 bits per heavy atom. The Labute approximate surface area is 256 Å². The number of nitrogens with one attached hydrogen (secondary N) is 1. The highest BCUT2D eigenvalue weighted by molar-refractivity contribution is 6.02. The second kappa shape index (κ2) is 10.4. The highest BCUT2D eigenvalue weighted by Crippen LogP contribution is 2.75. The molecular weight excluding hydrogens is 520 g/mol. The zero-order valence-electron chi connectivity index (χ0n) is 27.9. The van der Waals surface area contributed by atoms with Gasteiger partial charge in [-0.15, -0.1) is 0 Å². The molecule has 5 nitrogen and oxygen atoms in total. The number of aliphatic hydroxyl groups excluding tert-OH is 1. The summed E-state index contributed by atoms with van der Waals surface area (Å²) in [5, 5.41) is 14.6. The Morgan fingerprint density at radius 3 is 2.33 bits per heavy atom. The molecule has 0 aromatic rings. The van der Waals surface area contributed by atoms with Gasteiger partial charge < -0.3 is 15.3 Å². The number of amides is 1. The second-order valence-electron chi connectivity index (χ2n) is 17.4. The van der Waals surface area contributed by atoms with Crippen LogP contribution in [0.3, 0.4) is 0 Å². The summed E-state index contributed by atoms with van der Waals surface area (Å²) in [5.41, 5.74) is 2.40. The molecule has 0 radical (unpaired) electrons. The van der Waals surface area contributed by atoms with E-state index in [9.17, 15) is 14.7 Å². The topological polar surface area (TPSA) is 69.6 Å². The largest absolute Gasteiger partial charge is 0.393 e. The van der Waals surface area contributed by atoms with Gasteiger partial charge in [-0.25, -0.2) is 0 Å². The molecule has 1 aliphatic heterocycles. The summed E-state index contributed by atoms with van der Waals surface area (Å²) in [4.78, 5) is 29.8. The molecule has 0 spiro atoms. The maximum atomic E-state index is 13.8. The number of fused-ring (bicyclic) bond motifs is 7. The highest BCUT2D eigenvalue weighted by Gasteiger charge is 2.70. The molecule has 1 heterocycles. The van der Waals surface area contributed by atoms with E-state index in [0.717, 1.165) is 50.6 Å². The third-order valence-electron chi connectivity index (χ3n) is 14.9. The summed E-state index contributed by atoms with van der Waals surface area (Å²) in [7, 11) is 0. The fourth-order valence-corrected chi connectivity index (χ4v) is 12.5. The Morgan fingerprint density at radius 2 is 1.64 bits per heavy atom. The van der Waals surface area contributed by atoms with Crippen molar-refractivity contribution in [1.82, 2.24) is 10.2 Å². The number of aliphatic hydroxyl groups is 1. The highest BCUT2D eigenvalue weighted by atomic mass is 16.3. The second-order valence-corrected chi connectivity index (χ2v) is 17.4. The number of nitrogens with zero attached hydrogens (tertiary/aromatic N) is 1. The fourth-order valence-electron chi connectivity index (χ4n) is 12.5. The number of allylic oxidation sites excluding steroid dienone is 1. The summed E-state index contributed by atoms with van der Waals surface area (Å²) < 4.78 is 0. The van der Waals surface area contributed by atoms with Crippen LogP contribution in [-0.4, -0.2) is 53.0 Å². The predicted octanol–water partition coefficient (Wildman–Crippen LogP) is 7.07. The van der Waals surface area contributed by atoms with E-state index in [-0.39, 0.29) is 45.4 Å². The molecule has 6 rings (SSSR count). The van der Waals surface area contributed by atoms with E-state index < -0.39 is 5.54 Å². The summed E-state index contributed by atoms with van der Waals surface area (Å²) in [6, 6.07) is 0. The van der Waals surface area contributed by atoms with Gasteiger partial charge in [-0.3, -0.25) is 9.59 Å². The minimum absolute atomic E-state index is 0.0436. The van der Waals surface area contributed by atoms with Gasteiger partial charge >= 0.3 is 0 Å². The van der Waals surface area contributed by atoms with Crippen molar-refractivity contribution in [3.05, 3.63) is 11.1 Å². The zero-order chi connectivity index (χ0) is 30.3. The third-order valence-corrected chi connectivity index (χ3v) is 14.9. The first-order valence-corrected chi connectivity index (χ1v) is 17.7. The van der Waals surface area contributed by atoms with E-state index in [4.69, 9.17) is 0 Å². The molecule has 5 heteroatoms. The summed E-state index contributed by atoms with van der Waals surface area (Å²) in [6.07, 6.45) is 13.0. The number of hydrogen-bond acceptors (Lipinski definition) is 4. The van der Waals surface area contributed by atoms with Gasteiger partial charge in [-0.2, -0.15) is 0 Å². The van der Waals surface area contributed by atoms with Gasteiger partial charge in [-0.1, -0.05) is 48.5 Å². The van der Waals surface area contributed by atoms with Crippen molar-refractivity contribution in [2.45, 2.75) is 144 Å². The number of Topliss-reactive ketones (excluding diaryl/α,β-unsaturated/α-hetero) is 1. The van der Waals surface area contributed by atoms with Crippen molar-refractivity contribution in [2.24, 2.45) is 45.3 Å². The molecule has 1 saturated heterocycles. The van der Waals surface area contributed by atoms with Gasteiger partial charge in [0, 0.05) is 12.8 Å². The first-order valence-electron chi connectivity index (χ1n) is 17.7. The quantitative estimate of drug-likeness (QED) is 0.353. The maximum absolute atomic E-state index is 13.8. The molecule has 6 aliphatic rings. The molecule has 5 aliphatic carbocycles. The average molecular weight is 581 g/mol. The summed E-state index contributed by atoms with van der Waals surface area (Å²) >= 11 is 0. The first kappa shape index (κ1) is 30.8. The minimum Gasteiger partial charge on any atom is -0.393 e. The lowest BCUT2D eigenvalue weighted by molar-refractivity contribution is -0.227. The van der Waals surface area contributed by atoms with Gasteiger partial charge in [0.25, 0.3) is 0 Å². The van der Waals surface area contributed by atoms with Crippen LogP contribution in [0, 0.1) is 45.3 Å². The number of carbonyl (C=O) groups is 2. The van der Waals surface area contributed by atoms with Crippen molar-refractivity contribution >= 4 is 11.7 Å². The lowest BCUT2D eigenvalue weighted by atomic mass is 9.33. The van der Waals surface area contributed by atoms with E-state index in [2.05, 4.69) is 58.7 Å². The molecule has 5 fully saturated rings. The molecule has 2 N–H and O–H groups in total. The number of hydrogen-bond donors (Lipinski definition) is 2. The van der Waals surface area contributed by atoms with Crippen LogP contribution in [0.15, 0.2) is 11.1 Å². The maximum Gasteiger partial charge on any atom is 0.220 e. The van der Waals surface area contributed by atoms with Crippen LogP contribution in [0.25, 0.3) is 0 Å². The fraction of sp³-hybridized carbons (Fsp3) is 0.892. The monoisotopic (exact) mass is 580 g/mol. The average Bonchev–Trinajstić information content (AvgIpc) is 3.52. The minimum atomic E-state index is -0.479. The van der Waals surface area contributed by atoms with Crippen LogP contribution in [0.1, 0.15) is 132 Å². The smallest absolute Gasteiger partial charge is 0.220 e. The van der Waals surface area contributed by atoms with Crippen molar-refractivity contribution in [3.63, 3.8) is 0 Å². The Kier molecular flexibility index (Phi) is 7.65. The molecule has 236 valence electrons. The normalized spacial score (nSPS) is 44.9. The zero-order valence-corrected chi connectivity index (χ0v) is 27.9. The molecule has 0 aromatic carbocycles. The number of likely N-dealkylation sites (tertiary alicyclic amines) is 1. The van der Waals surface area contributed by atoms with Crippen molar-refractivity contribution in [1.29, 1.82) is 0 Å². The van der Waals surface area contributed by atoms with Crippen LogP contribution in [-0.2, 0) is 9.59 Å². The van der Waals surface area contributed by atoms with E-state index in [1.807, 2.05) is 0 Å². The van der Waals surface area contributed by atoms with Crippen LogP contribution in [0.5, 0.6) is 0 Å². The molecule has 4 saturated carbocycles. The number of rotatable bonds is 6. The molecule has 0 aromatic heterocycles. The number of ketones is 1. The van der Waals surface area contributed by atoms with E-state index in [1.54, 1.807) is 0 Å². The molecule has 0 unspecified atom stereocenters. The SMILES string of the molecule is CC(C)C1=C2[C@H]3CC[C@@H]4[C@@]5(C)CC[C@H](O)C(C)(C)[C@@H]5CC[C@@]4(C)[C@]3(C)CC[C@@]2(NC(=O)CCCN2CCCC2)CC1=O. The van der Waals surface area contributed by atoms with Gasteiger partial charge in [0.15, 0.2) is 5.78 Å².